The molecule has 10 heteroatoms. The quantitative estimate of drug-likeness (QED) is 0.698. The highest BCUT2D eigenvalue weighted by Crippen LogP contribution is 2.32. The van der Waals surface area contributed by atoms with Crippen molar-refractivity contribution in [3.63, 3.8) is 0 Å². The molecule has 0 saturated carbocycles. The third kappa shape index (κ3) is 3.73. The lowest BCUT2D eigenvalue weighted by atomic mass is 9.96. The molecule has 0 spiro atoms. The molecule has 1 aliphatic heterocycles. The molecule has 3 heterocycles. The number of hydrogen-bond acceptors (Lipinski definition) is 6. The lowest BCUT2D eigenvalue weighted by Crippen LogP contribution is -2.39. The molecule has 1 saturated heterocycles. The Kier molecular flexibility index (Phi) is 5.05. The zero-order chi connectivity index (χ0) is 20.6. The minimum absolute atomic E-state index is 0.0439. The molecule has 1 fully saturated rings. The Morgan fingerprint density at radius 3 is 2.62 bits per heavy atom. The van der Waals surface area contributed by atoms with Crippen LogP contribution < -0.4 is 5.32 Å². The molecule has 0 aliphatic carbocycles. The van der Waals surface area contributed by atoms with Crippen molar-refractivity contribution in [2.75, 3.05) is 18.4 Å². The fourth-order valence-electron chi connectivity index (χ4n) is 3.73. The molecule has 1 atom stereocenters. The number of carbonyl (C=O) groups excluding carboxylic acids is 1. The van der Waals surface area contributed by atoms with Crippen LogP contribution in [0.5, 0.6) is 0 Å². The molecule has 1 unspecified atom stereocenters. The van der Waals surface area contributed by atoms with Crippen molar-refractivity contribution < 1.29 is 13.2 Å². The molecule has 3 aromatic rings. The summed E-state index contributed by atoms with van der Waals surface area (Å²) in [6, 6.07) is 6.23. The second kappa shape index (κ2) is 7.53. The summed E-state index contributed by atoms with van der Waals surface area (Å²) in [4.78, 5) is 20.1. The Morgan fingerprint density at radius 2 is 1.90 bits per heavy atom. The zero-order valence-corrected chi connectivity index (χ0v) is 17.1. The highest BCUT2D eigenvalue weighted by Gasteiger charge is 2.33. The van der Waals surface area contributed by atoms with E-state index < -0.39 is 10.0 Å². The summed E-state index contributed by atoms with van der Waals surface area (Å²) in [5, 5.41) is 7.21. The van der Waals surface area contributed by atoms with Crippen molar-refractivity contribution in [2.45, 2.75) is 30.6 Å². The molecule has 152 valence electrons. The van der Waals surface area contributed by atoms with Crippen LogP contribution in [0, 0.1) is 0 Å². The van der Waals surface area contributed by atoms with Gasteiger partial charge in [-0.2, -0.15) is 9.40 Å². The number of sulfonamides is 1. The Labute approximate surface area is 168 Å². The van der Waals surface area contributed by atoms with Crippen LogP contribution in [-0.2, 0) is 21.9 Å². The van der Waals surface area contributed by atoms with E-state index in [0.717, 1.165) is 24.1 Å². The maximum atomic E-state index is 13.2. The van der Waals surface area contributed by atoms with Crippen molar-refractivity contribution in [1.82, 2.24) is 24.1 Å². The number of rotatable bonds is 4. The van der Waals surface area contributed by atoms with E-state index in [0.29, 0.717) is 24.4 Å². The van der Waals surface area contributed by atoms with Gasteiger partial charge in [-0.3, -0.25) is 4.79 Å². The maximum Gasteiger partial charge on any atom is 0.243 e. The molecular weight excluding hydrogens is 392 g/mol. The molecule has 1 amide bonds. The first-order valence-electron chi connectivity index (χ1n) is 9.37. The van der Waals surface area contributed by atoms with Gasteiger partial charge in [0.25, 0.3) is 0 Å². The minimum Gasteiger partial charge on any atom is -0.326 e. The van der Waals surface area contributed by atoms with Crippen LogP contribution in [0.3, 0.4) is 0 Å². The minimum atomic E-state index is -3.64. The molecular formula is C19H22N6O3S. The van der Waals surface area contributed by atoms with Crippen LogP contribution in [0.25, 0.3) is 11.2 Å². The van der Waals surface area contributed by atoms with Crippen molar-refractivity contribution in [3.8, 4) is 0 Å². The average Bonchev–Trinajstić information content (AvgIpc) is 3.05. The molecule has 4 rings (SSSR count). The molecule has 1 aromatic carbocycles. The third-order valence-electron chi connectivity index (χ3n) is 5.07. The summed E-state index contributed by atoms with van der Waals surface area (Å²) >= 11 is 0. The number of nitrogens with zero attached hydrogens (tertiary/aromatic N) is 5. The molecule has 2 aromatic heterocycles. The first-order valence-corrected chi connectivity index (χ1v) is 10.8. The second-order valence-electron chi connectivity index (χ2n) is 7.15. The number of amides is 1. The van der Waals surface area contributed by atoms with Crippen molar-refractivity contribution >= 4 is 32.8 Å². The largest absolute Gasteiger partial charge is 0.326 e. The number of fused-ring (bicyclic) bond motifs is 1. The standard InChI is InChI=1S/C19H22N6O3S/c1-13(26)22-15-5-7-16(8-6-15)29(27,28)25-11-3-4-14(12-25)17-18-19(24(2)23-17)21-10-9-20-18/h5-10,14H,3-4,11-12H2,1-2H3,(H,22,26). The second-order valence-corrected chi connectivity index (χ2v) is 9.08. The summed E-state index contributed by atoms with van der Waals surface area (Å²) in [6.45, 7) is 2.21. The predicted octanol–water partition coefficient (Wildman–Crippen LogP) is 1.89. The predicted molar refractivity (Wildman–Crippen MR) is 108 cm³/mol. The lowest BCUT2D eigenvalue weighted by Gasteiger charge is -2.31. The van der Waals surface area contributed by atoms with Gasteiger partial charge in [-0.15, -0.1) is 0 Å². The molecule has 1 aliphatic rings. The van der Waals surface area contributed by atoms with Crippen LogP contribution in [0.4, 0.5) is 5.69 Å². The number of anilines is 1. The van der Waals surface area contributed by atoms with Gasteiger partial charge in [0.15, 0.2) is 5.65 Å². The van der Waals surface area contributed by atoms with Gasteiger partial charge in [0.05, 0.1) is 10.6 Å². The number of aromatic nitrogens is 4. The monoisotopic (exact) mass is 414 g/mol. The summed E-state index contributed by atoms with van der Waals surface area (Å²) in [5.74, 6) is -0.247. The van der Waals surface area contributed by atoms with Gasteiger partial charge in [0, 0.05) is 51.1 Å². The number of benzene rings is 1. The molecule has 0 bridgehead atoms. The van der Waals surface area contributed by atoms with E-state index in [1.54, 1.807) is 29.2 Å². The van der Waals surface area contributed by atoms with E-state index in [2.05, 4.69) is 20.4 Å². The fourth-order valence-corrected chi connectivity index (χ4v) is 5.25. The van der Waals surface area contributed by atoms with Crippen LogP contribution >= 0.6 is 0 Å². The number of carbonyl (C=O) groups is 1. The zero-order valence-electron chi connectivity index (χ0n) is 16.2. The molecule has 1 N–H and O–H groups in total. The molecule has 9 nitrogen and oxygen atoms in total. The van der Waals surface area contributed by atoms with E-state index in [-0.39, 0.29) is 16.7 Å². The van der Waals surface area contributed by atoms with E-state index in [9.17, 15) is 13.2 Å². The van der Waals surface area contributed by atoms with E-state index in [1.807, 2.05) is 7.05 Å². The fraction of sp³-hybridized carbons (Fsp3) is 0.368. The van der Waals surface area contributed by atoms with Crippen LogP contribution in [0.1, 0.15) is 31.4 Å². The van der Waals surface area contributed by atoms with Crippen molar-refractivity contribution in [3.05, 3.63) is 42.4 Å². The van der Waals surface area contributed by atoms with Crippen molar-refractivity contribution in [1.29, 1.82) is 0 Å². The van der Waals surface area contributed by atoms with Crippen LogP contribution in [0.2, 0.25) is 0 Å². The topological polar surface area (TPSA) is 110 Å². The number of nitrogens with one attached hydrogen (secondary N) is 1. The number of hydrogen-bond donors (Lipinski definition) is 1. The maximum absolute atomic E-state index is 13.2. The first kappa shape index (κ1) is 19.5. The van der Waals surface area contributed by atoms with Gasteiger partial charge in [-0.05, 0) is 37.1 Å². The Morgan fingerprint density at radius 1 is 1.17 bits per heavy atom. The highest BCUT2D eigenvalue weighted by atomic mass is 32.2. The smallest absolute Gasteiger partial charge is 0.243 e. The van der Waals surface area contributed by atoms with Gasteiger partial charge in [0.2, 0.25) is 15.9 Å². The SMILES string of the molecule is CC(=O)Nc1ccc(S(=O)(=O)N2CCCC(c3nn(C)c4nccnc34)C2)cc1. The van der Waals surface area contributed by atoms with Crippen LogP contribution in [-0.4, -0.2) is 51.5 Å². The van der Waals surface area contributed by atoms with Crippen molar-refractivity contribution in [2.24, 2.45) is 7.05 Å². The average molecular weight is 414 g/mol. The lowest BCUT2D eigenvalue weighted by molar-refractivity contribution is -0.114. The number of aryl methyl sites for hydroxylation is 1. The normalized spacial score (nSPS) is 18.1. The Bertz CT molecular complexity index is 1160. The summed E-state index contributed by atoms with van der Waals surface area (Å²) in [7, 11) is -1.83. The van der Waals surface area contributed by atoms with Crippen LogP contribution in [0.15, 0.2) is 41.6 Å². The summed E-state index contributed by atoms with van der Waals surface area (Å²) < 4.78 is 29.5. The highest BCUT2D eigenvalue weighted by molar-refractivity contribution is 7.89. The first-order chi connectivity index (χ1) is 13.9. The molecule has 0 radical (unpaired) electrons. The van der Waals surface area contributed by atoms with Gasteiger partial charge in [-0.1, -0.05) is 0 Å². The molecule has 29 heavy (non-hydrogen) atoms. The summed E-state index contributed by atoms with van der Waals surface area (Å²) in [5.41, 5.74) is 2.76. The Balaban J connectivity index is 1.59. The Hall–Kier alpha value is -2.85. The van der Waals surface area contributed by atoms with E-state index >= 15 is 0 Å². The van der Waals surface area contributed by atoms with Gasteiger partial charge in [0.1, 0.15) is 5.52 Å². The van der Waals surface area contributed by atoms with E-state index in [4.69, 9.17) is 0 Å². The third-order valence-corrected chi connectivity index (χ3v) is 6.95. The number of piperidine rings is 1. The van der Waals surface area contributed by atoms with E-state index in [1.165, 1.54) is 23.4 Å². The summed E-state index contributed by atoms with van der Waals surface area (Å²) in [6.07, 6.45) is 4.83. The van der Waals surface area contributed by atoms with Gasteiger partial charge < -0.3 is 5.32 Å². The van der Waals surface area contributed by atoms with Gasteiger partial charge >= 0.3 is 0 Å². The van der Waals surface area contributed by atoms with Gasteiger partial charge in [-0.25, -0.2) is 23.1 Å².